The van der Waals surface area contributed by atoms with Crippen LogP contribution in [0.1, 0.15) is 39.5 Å². The molecule has 0 spiro atoms. The van der Waals surface area contributed by atoms with E-state index in [0.29, 0.717) is 13.1 Å². The van der Waals surface area contributed by atoms with Crippen LogP contribution in [0.15, 0.2) is 0 Å². The number of aliphatic carboxylic acids is 1. The van der Waals surface area contributed by atoms with Gasteiger partial charge in [-0.15, -0.1) is 0 Å². The summed E-state index contributed by atoms with van der Waals surface area (Å²) in [6, 6.07) is 0. The fraction of sp³-hybridized carbons (Fsp3) is 0.714. The Morgan fingerprint density at radius 2 is 1.32 bits per heavy atom. The van der Waals surface area contributed by atoms with Crippen molar-refractivity contribution in [3.05, 3.63) is 0 Å². The number of rotatable bonds is 5. The molecule has 1 aliphatic heterocycles. The van der Waals surface area contributed by atoms with Gasteiger partial charge in [0.15, 0.2) is 0 Å². The monoisotopic (exact) mass is 315 g/mol. The van der Waals surface area contributed by atoms with E-state index in [4.69, 9.17) is 9.84 Å². The van der Waals surface area contributed by atoms with Crippen LogP contribution in [0, 0.1) is 0 Å². The van der Waals surface area contributed by atoms with Gasteiger partial charge in [0.2, 0.25) is 12.2 Å². The maximum atomic E-state index is 12.5. The molecule has 0 radical (unpaired) electrons. The van der Waals surface area contributed by atoms with E-state index in [9.17, 15) is 19.2 Å². The predicted molar refractivity (Wildman–Crippen MR) is 73.8 cm³/mol. The molecule has 1 fully saturated rings. The van der Waals surface area contributed by atoms with Gasteiger partial charge in [-0.05, 0) is 12.8 Å². The van der Waals surface area contributed by atoms with Crippen LogP contribution < -0.4 is 0 Å². The third-order valence-corrected chi connectivity index (χ3v) is 3.27. The number of carboxylic acids is 1. The number of amides is 1. The Balaban J connectivity index is 2.97. The predicted octanol–water partition coefficient (Wildman–Crippen LogP) is 0.337. The van der Waals surface area contributed by atoms with E-state index < -0.39 is 36.0 Å². The maximum absolute atomic E-state index is 12.5. The second-order valence-corrected chi connectivity index (χ2v) is 5.14. The first-order valence-corrected chi connectivity index (χ1v) is 7.19. The lowest BCUT2D eigenvalue weighted by Gasteiger charge is -2.28. The molecule has 8 heteroatoms. The Morgan fingerprint density at radius 1 is 0.864 bits per heavy atom. The average Bonchev–Trinajstić information content (AvgIpc) is 2.70. The number of carbonyl (C=O) groups is 4. The largest absolute Gasteiger partial charge is 0.478 e. The fourth-order valence-electron chi connectivity index (χ4n) is 2.31. The summed E-state index contributed by atoms with van der Waals surface area (Å²) in [5.74, 6) is -3.87. The summed E-state index contributed by atoms with van der Waals surface area (Å²) in [5, 5.41) is 9.17. The summed E-state index contributed by atoms with van der Waals surface area (Å²) < 4.78 is 9.50. The van der Waals surface area contributed by atoms with Gasteiger partial charge in [-0.25, -0.2) is 4.79 Å². The molecule has 1 rings (SSSR count). The third-order valence-electron chi connectivity index (χ3n) is 3.27. The van der Waals surface area contributed by atoms with Crippen molar-refractivity contribution < 1.29 is 33.8 Å². The van der Waals surface area contributed by atoms with Gasteiger partial charge < -0.3 is 19.5 Å². The van der Waals surface area contributed by atoms with Crippen LogP contribution >= 0.6 is 0 Å². The van der Waals surface area contributed by atoms with E-state index in [2.05, 4.69) is 4.74 Å². The summed E-state index contributed by atoms with van der Waals surface area (Å²) in [7, 11) is 0. The van der Waals surface area contributed by atoms with Crippen molar-refractivity contribution in [3.63, 3.8) is 0 Å². The number of carbonyl (C=O) groups excluding carboxylic acids is 3. The molecule has 2 unspecified atom stereocenters. The van der Waals surface area contributed by atoms with Crippen LogP contribution in [0.2, 0.25) is 0 Å². The van der Waals surface area contributed by atoms with Crippen molar-refractivity contribution in [2.45, 2.75) is 51.7 Å². The SMILES string of the molecule is CC(=O)OC(C(=O)O)C(OC(C)=O)C(=O)N1CCCCCC1. The number of likely N-dealkylation sites (tertiary alicyclic amines) is 1. The number of ether oxygens (including phenoxy) is 2. The highest BCUT2D eigenvalue weighted by atomic mass is 16.6. The van der Waals surface area contributed by atoms with Crippen molar-refractivity contribution in [2.75, 3.05) is 13.1 Å². The minimum Gasteiger partial charge on any atom is -0.478 e. The van der Waals surface area contributed by atoms with Gasteiger partial charge in [-0.2, -0.15) is 0 Å². The second-order valence-electron chi connectivity index (χ2n) is 5.14. The molecule has 0 aromatic carbocycles. The van der Waals surface area contributed by atoms with Crippen molar-refractivity contribution >= 4 is 23.8 Å². The molecular formula is C14H21NO7. The first kappa shape index (κ1) is 17.9. The lowest BCUT2D eigenvalue weighted by molar-refractivity contribution is -0.183. The Hall–Kier alpha value is -2.12. The Morgan fingerprint density at radius 3 is 1.73 bits per heavy atom. The topological polar surface area (TPSA) is 110 Å². The molecular weight excluding hydrogens is 294 g/mol. The number of carboxylic acid groups (broad SMARTS) is 1. The molecule has 1 aliphatic rings. The molecule has 2 atom stereocenters. The lowest BCUT2D eigenvalue weighted by Crippen LogP contribution is -2.51. The Labute approximate surface area is 128 Å². The number of hydrogen-bond acceptors (Lipinski definition) is 6. The number of nitrogens with zero attached hydrogens (tertiary/aromatic N) is 1. The minimum atomic E-state index is -1.85. The van der Waals surface area contributed by atoms with Crippen LogP contribution in [-0.4, -0.2) is 59.1 Å². The lowest BCUT2D eigenvalue weighted by atomic mass is 10.1. The molecule has 0 aromatic heterocycles. The van der Waals surface area contributed by atoms with Crippen LogP contribution in [0.4, 0.5) is 0 Å². The third kappa shape index (κ3) is 5.34. The molecule has 0 aromatic rings. The van der Waals surface area contributed by atoms with Gasteiger partial charge in [0.1, 0.15) is 0 Å². The fourth-order valence-corrected chi connectivity index (χ4v) is 2.31. The van der Waals surface area contributed by atoms with Crippen LogP contribution in [-0.2, 0) is 28.7 Å². The van der Waals surface area contributed by atoms with Crippen LogP contribution in [0.25, 0.3) is 0 Å². The van der Waals surface area contributed by atoms with Crippen LogP contribution in [0.3, 0.4) is 0 Å². The second kappa shape index (κ2) is 8.35. The molecule has 8 nitrogen and oxygen atoms in total. The summed E-state index contributed by atoms with van der Waals surface area (Å²) in [6.45, 7) is 3.01. The Bertz CT molecular complexity index is 440. The average molecular weight is 315 g/mol. The molecule has 1 amide bonds. The van der Waals surface area contributed by atoms with Crippen molar-refractivity contribution in [1.29, 1.82) is 0 Å². The van der Waals surface area contributed by atoms with E-state index in [-0.39, 0.29) is 0 Å². The van der Waals surface area contributed by atoms with E-state index in [0.717, 1.165) is 39.5 Å². The van der Waals surface area contributed by atoms with Gasteiger partial charge in [0.25, 0.3) is 5.91 Å². The molecule has 0 saturated carbocycles. The normalized spacial score (nSPS) is 17.8. The van der Waals surface area contributed by atoms with E-state index in [1.165, 1.54) is 4.90 Å². The Kier molecular flexibility index (Phi) is 6.81. The zero-order valence-electron chi connectivity index (χ0n) is 12.7. The molecule has 0 aliphatic carbocycles. The van der Waals surface area contributed by atoms with Gasteiger partial charge in [-0.1, -0.05) is 12.8 Å². The summed E-state index contributed by atoms with van der Waals surface area (Å²) in [5.41, 5.74) is 0. The van der Waals surface area contributed by atoms with E-state index in [1.807, 2.05) is 0 Å². The highest BCUT2D eigenvalue weighted by molar-refractivity contribution is 5.91. The molecule has 0 bridgehead atoms. The zero-order valence-corrected chi connectivity index (χ0v) is 12.7. The standard InChI is InChI=1S/C14H21NO7/c1-9(16)21-11(12(14(19)20)22-10(2)17)13(18)15-7-5-3-4-6-8-15/h11-12H,3-8H2,1-2H3,(H,19,20). The van der Waals surface area contributed by atoms with Gasteiger partial charge >= 0.3 is 17.9 Å². The van der Waals surface area contributed by atoms with Crippen molar-refractivity contribution in [2.24, 2.45) is 0 Å². The molecule has 1 saturated heterocycles. The quantitative estimate of drug-likeness (QED) is 0.728. The summed E-state index contributed by atoms with van der Waals surface area (Å²) in [6.07, 6.45) is 0.0326. The van der Waals surface area contributed by atoms with Gasteiger partial charge in [0, 0.05) is 26.9 Å². The first-order chi connectivity index (χ1) is 10.3. The van der Waals surface area contributed by atoms with Crippen molar-refractivity contribution in [1.82, 2.24) is 4.90 Å². The van der Waals surface area contributed by atoms with Gasteiger partial charge in [-0.3, -0.25) is 14.4 Å². The molecule has 124 valence electrons. The summed E-state index contributed by atoms with van der Waals surface area (Å²) in [4.78, 5) is 47.5. The minimum absolute atomic E-state index is 0.461. The smallest absolute Gasteiger partial charge is 0.349 e. The van der Waals surface area contributed by atoms with E-state index >= 15 is 0 Å². The maximum Gasteiger partial charge on any atom is 0.349 e. The molecule has 1 N–H and O–H groups in total. The first-order valence-electron chi connectivity index (χ1n) is 7.19. The highest BCUT2D eigenvalue weighted by Gasteiger charge is 2.41. The van der Waals surface area contributed by atoms with E-state index in [1.54, 1.807) is 0 Å². The molecule has 22 heavy (non-hydrogen) atoms. The molecule has 1 heterocycles. The number of esters is 2. The number of hydrogen-bond donors (Lipinski definition) is 1. The van der Waals surface area contributed by atoms with Crippen molar-refractivity contribution in [3.8, 4) is 0 Å². The zero-order chi connectivity index (χ0) is 16.7. The van der Waals surface area contributed by atoms with Crippen LogP contribution in [0.5, 0.6) is 0 Å². The summed E-state index contributed by atoms with van der Waals surface area (Å²) >= 11 is 0. The highest BCUT2D eigenvalue weighted by Crippen LogP contribution is 2.15. The van der Waals surface area contributed by atoms with Gasteiger partial charge in [0.05, 0.1) is 0 Å².